The molecule has 2 aromatic rings. The van der Waals surface area contributed by atoms with E-state index in [9.17, 15) is 28.2 Å². The van der Waals surface area contributed by atoms with E-state index in [1.165, 1.54) is 11.1 Å². The maximum Gasteiger partial charge on any atom is 0.420 e. The Labute approximate surface area is 184 Å². The van der Waals surface area contributed by atoms with Crippen molar-refractivity contribution >= 4 is 11.8 Å². The van der Waals surface area contributed by atoms with E-state index in [0.29, 0.717) is 17.8 Å². The first-order valence-corrected chi connectivity index (χ1v) is 10.5. The summed E-state index contributed by atoms with van der Waals surface area (Å²) < 4.78 is 38.3. The molecule has 2 atom stereocenters. The van der Waals surface area contributed by atoms with Crippen LogP contribution in [0.2, 0.25) is 0 Å². The third kappa shape index (κ3) is 5.72. The first-order chi connectivity index (χ1) is 15.0. The first-order valence-electron chi connectivity index (χ1n) is 10.5. The molecule has 3 rings (SSSR count). The summed E-state index contributed by atoms with van der Waals surface area (Å²) >= 11 is 0. The van der Waals surface area contributed by atoms with Gasteiger partial charge in [-0.1, -0.05) is 39.0 Å². The third-order valence-electron chi connectivity index (χ3n) is 5.24. The third-order valence-corrected chi connectivity index (χ3v) is 5.24. The van der Waals surface area contributed by atoms with Crippen molar-refractivity contribution in [3.05, 3.63) is 29.7 Å². The number of aromatic nitrogens is 5. The van der Waals surface area contributed by atoms with Gasteiger partial charge in [0.25, 0.3) is 0 Å². The number of β-amino-alcohol motifs (C(OH)–C–C–N with tert-alkyl or cyclic N) is 1. The molecule has 0 radical (unpaired) electrons. The van der Waals surface area contributed by atoms with Crippen molar-refractivity contribution in [1.82, 2.24) is 25.6 Å². The molecule has 3 heterocycles. The number of hydrogen-bond acceptors (Lipinski definition) is 7. The highest BCUT2D eigenvalue weighted by Gasteiger charge is 2.61. The molecule has 9 nitrogen and oxygen atoms in total. The second-order valence-electron chi connectivity index (χ2n) is 8.06. The Morgan fingerprint density at radius 2 is 1.94 bits per heavy atom. The summed E-state index contributed by atoms with van der Waals surface area (Å²) in [6.45, 7) is 6.69. The molecule has 12 heteroatoms. The van der Waals surface area contributed by atoms with Gasteiger partial charge in [0, 0.05) is 12.1 Å². The van der Waals surface area contributed by atoms with Crippen molar-refractivity contribution in [2.45, 2.75) is 58.2 Å². The minimum atomic E-state index is -4.69. The zero-order chi connectivity index (χ0) is 24.1. The van der Waals surface area contributed by atoms with Gasteiger partial charge in [0.2, 0.25) is 0 Å². The number of anilines is 1. The number of carbonyl (C=O) groups is 1. The lowest BCUT2D eigenvalue weighted by Crippen LogP contribution is -2.69. The van der Waals surface area contributed by atoms with E-state index in [-0.39, 0.29) is 18.2 Å². The average Bonchev–Trinajstić information content (AvgIpc) is 3.23. The highest BCUT2D eigenvalue weighted by Crippen LogP contribution is 2.39. The predicted molar refractivity (Wildman–Crippen MR) is 110 cm³/mol. The number of nitrogens with zero attached hydrogens (tertiary/aromatic N) is 5. The SMILES string of the molecule is CC.CC(C)C[C@H](C(=O)O)[C@H](Cc1ccc(N2CC(O)(C(F)(F)F)C2)nc1)c1nn[nH]n1. The number of hydrogen-bond donors (Lipinski definition) is 3. The second kappa shape index (κ2) is 10.2. The lowest BCUT2D eigenvalue weighted by atomic mass is 9.81. The normalized spacial score (nSPS) is 17.2. The quantitative estimate of drug-likeness (QED) is 0.551. The molecule has 1 saturated heterocycles. The molecule has 1 aliphatic heterocycles. The van der Waals surface area contributed by atoms with Crippen LogP contribution < -0.4 is 4.90 Å². The number of alkyl halides is 3. The van der Waals surface area contributed by atoms with Gasteiger partial charge in [0.05, 0.1) is 19.0 Å². The van der Waals surface area contributed by atoms with Crippen LogP contribution in [0.5, 0.6) is 0 Å². The lowest BCUT2D eigenvalue weighted by molar-refractivity contribution is -0.267. The molecule has 1 fully saturated rings. The van der Waals surface area contributed by atoms with Gasteiger partial charge < -0.3 is 15.1 Å². The zero-order valence-electron chi connectivity index (χ0n) is 18.5. The molecule has 2 aromatic heterocycles. The number of carboxylic acids is 1. The Kier molecular flexibility index (Phi) is 8.16. The van der Waals surface area contributed by atoms with Gasteiger partial charge >= 0.3 is 12.1 Å². The number of H-pyrrole nitrogens is 1. The first kappa shape index (κ1) is 25.5. The fourth-order valence-electron chi connectivity index (χ4n) is 3.59. The predicted octanol–water partition coefficient (Wildman–Crippen LogP) is 2.81. The molecule has 0 bridgehead atoms. The minimum Gasteiger partial charge on any atom is -0.481 e. The van der Waals surface area contributed by atoms with Crippen LogP contribution in [-0.2, 0) is 11.2 Å². The van der Waals surface area contributed by atoms with E-state index >= 15 is 0 Å². The molecule has 3 N–H and O–H groups in total. The molecule has 0 amide bonds. The van der Waals surface area contributed by atoms with Crippen LogP contribution in [-0.4, -0.2) is 66.7 Å². The van der Waals surface area contributed by atoms with Gasteiger partial charge in [0.15, 0.2) is 11.4 Å². The molecule has 0 aliphatic carbocycles. The Balaban J connectivity index is 0.00000176. The number of pyridine rings is 1. The van der Waals surface area contributed by atoms with E-state index in [2.05, 4.69) is 25.6 Å². The number of aliphatic hydroxyl groups is 1. The number of rotatable bonds is 8. The van der Waals surface area contributed by atoms with Crippen LogP contribution in [0.3, 0.4) is 0 Å². The molecule has 1 aliphatic rings. The standard InChI is InChI=1S/C18H23F3N6O3.C2H6/c1-10(2)5-13(16(28)29)12(15-23-25-26-24-15)6-11-3-4-14(22-7-11)27-8-17(30,9-27)18(19,20)21;1-2/h3-4,7,10,12-13,30H,5-6,8-9H2,1-2H3,(H,28,29)(H,23,24,25,26);1-2H3/t12-,13-;/m0./s1. The van der Waals surface area contributed by atoms with Crippen LogP contribution in [0.15, 0.2) is 18.3 Å². The van der Waals surface area contributed by atoms with Crippen molar-refractivity contribution in [1.29, 1.82) is 0 Å². The average molecular weight is 458 g/mol. The van der Waals surface area contributed by atoms with E-state index in [1.807, 2.05) is 27.7 Å². The minimum absolute atomic E-state index is 0.139. The summed E-state index contributed by atoms with van der Waals surface area (Å²) in [5.41, 5.74) is -2.03. The molecule has 0 unspecified atom stereocenters. The zero-order valence-corrected chi connectivity index (χ0v) is 18.5. The van der Waals surface area contributed by atoms with Crippen molar-refractivity contribution < 1.29 is 28.2 Å². The number of halogens is 3. The molecular weight excluding hydrogens is 429 g/mol. The van der Waals surface area contributed by atoms with E-state index in [4.69, 9.17) is 0 Å². The smallest absolute Gasteiger partial charge is 0.420 e. The van der Waals surface area contributed by atoms with Crippen LogP contribution in [0, 0.1) is 11.8 Å². The molecule has 0 aromatic carbocycles. The summed E-state index contributed by atoms with van der Waals surface area (Å²) in [4.78, 5) is 17.4. The Bertz CT molecular complexity index is 852. The Morgan fingerprint density at radius 3 is 2.38 bits per heavy atom. The summed E-state index contributed by atoms with van der Waals surface area (Å²) in [7, 11) is 0. The maximum atomic E-state index is 12.8. The number of carboxylic acid groups (broad SMARTS) is 1. The molecule has 0 spiro atoms. The van der Waals surface area contributed by atoms with Crippen LogP contribution in [0.1, 0.15) is 51.4 Å². The fraction of sp³-hybridized carbons (Fsp3) is 0.650. The van der Waals surface area contributed by atoms with Crippen LogP contribution in [0.25, 0.3) is 0 Å². The number of aromatic amines is 1. The van der Waals surface area contributed by atoms with Gasteiger partial charge in [-0.2, -0.15) is 18.4 Å². The molecule has 0 saturated carbocycles. The van der Waals surface area contributed by atoms with Crippen molar-refractivity contribution in [3.63, 3.8) is 0 Å². The highest BCUT2D eigenvalue weighted by molar-refractivity contribution is 5.71. The van der Waals surface area contributed by atoms with E-state index < -0.39 is 42.7 Å². The van der Waals surface area contributed by atoms with Gasteiger partial charge in [-0.3, -0.25) is 4.79 Å². The number of aliphatic carboxylic acids is 1. The van der Waals surface area contributed by atoms with Crippen molar-refractivity contribution in [2.24, 2.45) is 11.8 Å². The van der Waals surface area contributed by atoms with Gasteiger partial charge in [0.1, 0.15) is 5.82 Å². The van der Waals surface area contributed by atoms with Crippen LogP contribution in [0.4, 0.5) is 19.0 Å². The fourth-order valence-corrected chi connectivity index (χ4v) is 3.59. The van der Waals surface area contributed by atoms with E-state index in [0.717, 1.165) is 0 Å². The number of tetrazole rings is 1. The van der Waals surface area contributed by atoms with Crippen molar-refractivity contribution in [2.75, 3.05) is 18.0 Å². The maximum absolute atomic E-state index is 12.8. The van der Waals surface area contributed by atoms with Crippen molar-refractivity contribution in [3.8, 4) is 0 Å². The summed E-state index contributed by atoms with van der Waals surface area (Å²) in [5, 5.41) is 33.1. The summed E-state index contributed by atoms with van der Waals surface area (Å²) in [6.07, 6.45) is -2.50. The monoisotopic (exact) mass is 458 g/mol. The number of nitrogens with one attached hydrogen (secondary N) is 1. The largest absolute Gasteiger partial charge is 0.481 e. The Morgan fingerprint density at radius 1 is 1.28 bits per heavy atom. The lowest BCUT2D eigenvalue weighted by Gasteiger charge is -2.47. The van der Waals surface area contributed by atoms with Gasteiger partial charge in [-0.25, -0.2) is 4.98 Å². The highest BCUT2D eigenvalue weighted by atomic mass is 19.4. The van der Waals surface area contributed by atoms with E-state index in [1.54, 1.807) is 12.1 Å². The summed E-state index contributed by atoms with van der Waals surface area (Å²) in [6, 6.07) is 3.23. The topological polar surface area (TPSA) is 128 Å². The molecule has 178 valence electrons. The Hall–Kier alpha value is -2.76. The van der Waals surface area contributed by atoms with Crippen LogP contribution >= 0.6 is 0 Å². The molecule has 32 heavy (non-hydrogen) atoms. The van der Waals surface area contributed by atoms with Gasteiger partial charge in [-0.05, 0) is 30.4 Å². The summed E-state index contributed by atoms with van der Waals surface area (Å²) in [5.74, 6) is -1.52. The second-order valence-corrected chi connectivity index (χ2v) is 8.06. The van der Waals surface area contributed by atoms with Gasteiger partial charge in [-0.15, -0.1) is 10.2 Å². The molecular formula is C20H29F3N6O3.